The summed E-state index contributed by atoms with van der Waals surface area (Å²) in [5.41, 5.74) is 1.65. The zero-order chi connectivity index (χ0) is 11.4. The highest BCUT2D eigenvalue weighted by atomic mass is 19.1. The molecular weight excluding hydrogens is 207 g/mol. The highest BCUT2D eigenvalue weighted by Gasteiger charge is 2.13. The van der Waals surface area contributed by atoms with Gasteiger partial charge in [-0.05, 0) is 43.4 Å². The Bertz CT molecular complexity index is 346. The fourth-order valence-electron chi connectivity index (χ4n) is 1.83. The number of ether oxygens (including phenoxy) is 2. The van der Waals surface area contributed by atoms with Gasteiger partial charge >= 0.3 is 0 Å². The molecule has 1 heterocycles. The van der Waals surface area contributed by atoms with Crippen LogP contribution in [0.4, 0.5) is 4.39 Å². The average Bonchev–Trinajstić information content (AvgIpc) is 2.32. The Hall–Kier alpha value is -0.930. The van der Waals surface area contributed by atoms with Crippen molar-refractivity contribution in [3.8, 4) is 0 Å². The molecule has 1 aliphatic rings. The van der Waals surface area contributed by atoms with Crippen LogP contribution in [0.15, 0.2) is 18.2 Å². The van der Waals surface area contributed by atoms with Crippen LogP contribution in [0.1, 0.15) is 30.4 Å². The van der Waals surface area contributed by atoms with Crippen LogP contribution in [0.3, 0.4) is 0 Å². The van der Waals surface area contributed by atoms with E-state index in [0.717, 1.165) is 31.4 Å². The van der Waals surface area contributed by atoms with E-state index < -0.39 is 0 Å². The van der Waals surface area contributed by atoms with E-state index in [0.29, 0.717) is 12.2 Å². The number of benzene rings is 1. The van der Waals surface area contributed by atoms with Crippen molar-refractivity contribution in [3.05, 3.63) is 35.1 Å². The van der Waals surface area contributed by atoms with Crippen molar-refractivity contribution in [2.24, 2.45) is 0 Å². The molecule has 0 aromatic heterocycles. The van der Waals surface area contributed by atoms with E-state index in [2.05, 4.69) is 0 Å². The molecule has 0 aliphatic carbocycles. The molecule has 0 radical (unpaired) electrons. The van der Waals surface area contributed by atoms with Crippen LogP contribution in [-0.2, 0) is 16.1 Å². The predicted molar refractivity (Wildman–Crippen MR) is 59.5 cm³/mol. The van der Waals surface area contributed by atoms with Crippen molar-refractivity contribution in [2.75, 3.05) is 6.61 Å². The summed E-state index contributed by atoms with van der Waals surface area (Å²) in [7, 11) is 0. The van der Waals surface area contributed by atoms with Crippen LogP contribution in [0.25, 0.3) is 0 Å². The van der Waals surface area contributed by atoms with Gasteiger partial charge in [0.25, 0.3) is 0 Å². The maximum Gasteiger partial charge on any atom is 0.158 e. The number of aryl methyl sites for hydroxylation is 1. The van der Waals surface area contributed by atoms with E-state index in [4.69, 9.17) is 9.47 Å². The maximum atomic E-state index is 13.0. The molecule has 1 saturated heterocycles. The molecule has 1 aromatic rings. The number of rotatable bonds is 3. The van der Waals surface area contributed by atoms with E-state index in [-0.39, 0.29) is 12.1 Å². The van der Waals surface area contributed by atoms with Crippen molar-refractivity contribution >= 4 is 0 Å². The SMILES string of the molecule is Cc1cc(COC2CCCCO2)ccc1F. The molecule has 1 atom stereocenters. The standard InChI is InChI=1S/C13H17FO2/c1-10-8-11(5-6-12(10)14)9-16-13-4-2-3-7-15-13/h5-6,8,13H,2-4,7,9H2,1H3. The van der Waals surface area contributed by atoms with Crippen molar-refractivity contribution < 1.29 is 13.9 Å². The molecule has 0 N–H and O–H groups in total. The lowest BCUT2D eigenvalue weighted by atomic mass is 10.1. The summed E-state index contributed by atoms with van der Waals surface area (Å²) in [6.45, 7) is 3.04. The van der Waals surface area contributed by atoms with Crippen LogP contribution in [0.2, 0.25) is 0 Å². The summed E-state index contributed by atoms with van der Waals surface area (Å²) >= 11 is 0. The van der Waals surface area contributed by atoms with E-state index in [1.165, 1.54) is 6.07 Å². The van der Waals surface area contributed by atoms with Gasteiger partial charge in [0.2, 0.25) is 0 Å². The van der Waals surface area contributed by atoms with Gasteiger partial charge in [-0.3, -0.25) is 0 Å². The molecule has 1 aliphatic heterocycles. The van der Waals surface area contributed by atoms with Crippen LogP contribution < -0.4 is 0 Å². The Morgan fingerprint density at radius 1 is 1.44 bits per heavy atom. The highest BCUT2D eigenvalue weighted by molar-refractivity contribution is 5.23. The van der Waals surface area contributed by atoms with Gasteiger partial charge in [-0.1, -0.05) is 12.1 Å². The number of halogens is 1. The second kappa shape index (κ2) is 5.41. The molecular formula is C13H17FO2. The molecule has 1 fully saturated rings. The van der Waals surface area contributed by atoms with Gasteiger partial charge in [0.15, 0.2) is 6.29 Å². The van der Waals surface area contributed by atoms with Crippen molar-refractivity contribution in [1.29, 1.82) is 0 Å². The summed E-state index contributed by atoms with van der Waals surface area (Å²) in [5, 5.41) is 0. The lowest BCUT2D eigenvalue weighted by Crippen LogP contribution is -2.22. The summed E-state index contributed by atoms with van der Waals surface area (Å²) in [5.74, 6) is -0.169. The molecule has 2 nitrogen and oxygen atoms in total. The first-order chi connectivity index (χ1) is 7.75. The largest absolute Gasteiger partial charge is 0.353 e. The molecule has 0 saturated carbocycles. The molecule has 88 valence electrons. The lowest BCUT2D eigenvalue weighted by Gasteiger charge is -2.22. The topological polar surface area (TPSA) is 18.5 Å². The van der Waals surface area contributed by atoms with Crippen molar-refractivity contribution in [1.82, 2.24) is 0 Å². The van der Waals surface area contributed by atoms with E-state index in [1.807, 2.05) is 6.07 Å². The van der Waals surface area contributed by atoms with Crippen molar-refractivity contribution in [3.63, 3.8) is 0 Å². The van der Waals surface area contributed by atoms with Crippen LogP contribution in [0, 0.1) is 12.7 Å². The van der Waals surface area contributed by atoms with Crippen LogP contribution >= 0.6 is 0 Å². The zero-order valence-electron chi connectivity index (χ0n) is 9.54. The summed E-state index contributed by atoms with van der Waals surface area (Å²) in [6, 6.07) is 5.05. The van der Waals surface area contributed by atoms with Gasteiger partial charge in [0.05, 0.1) is 6.61 Å². The summed E-state index contributed by atoms with van der Waals surface area (Å²) in [6.07, 6.45) is 3.15. The smallest absolute Gasteiger partial charge is 0.158 e. The van der Waals surface area contributed by atoms with Crippen LogP contribution in [0.5, 0.6) is 0 Å². The van der Waals surface area contributed by atoms with Gasteiger partial charge in [-0.15, -0.1) is 0 Å². The summed E-state index contributed by atoms with van der Waals surface area (Å²) in [4.78, 5) is 0. The first kappa shape index (κ1) is 11.6. The van der Waals surface area contributed by atoms with Gasteiger partial charge in [0, 0.05) is 6.61 Å². The first-order valence-electron chi connectivity index (χ1n) is 5.74. The quantitative estimate of drug-likeness (QED) is 0.785. The number of hydrogen-bond donors (Lipinski definition) is 0. The molecule has 3 heteroatoms. The van der Waals surface area contributed by atoms with Gasteiger partial charge in [-0.2, -0.15) is 0 Å². The highest BCUT2D eigenvalue weighted by Crippen LogP contribution is 2.16. The monoisotopic (exact) mass is 224 g/mol. The Labute approximate surface area is 95.4 Å². The zero-order valence-corrected chi connectivity index (χ0v) is 9.54. The first-order valence-corrected chi connectivity index (χ1v) is 5.74. The second-order valence-corrected chi connectivity index (χ2v) is 4.19. The van der Waals surface area contributed by atoms with Gasteiger partial charge < -0.3 is 9.47 Å². The van der Waals surface area contributed by atoms with Gasteiger partial charge in [0.1, 0.15) is 5.82 Å². The molecule has 0 amide bonds. The number of hydrogen-bond acceptors (Lipinski definition) is 2. The third-order valence-electron chi connectivity index (χ3n) is 2.80. The Balaban J connectivity index is 1.86. The minimum Gasteiger partial charge on any atom is -0.353 e. The molecule has 0 bridgehead atoms. The lowest BCUT2D eigenvalue weighted by molar-refractivity contribution is -0.168. The predicted octanol–water partition coefficient (Wildman–Crippen LogP) is 3.18. The Morgan fingerprint density at radius 2 is 2.31 bits per heavy atom. The van der Waals surface area contributed by atoms with Crippen molar-refractivity contribution in [2.45, 2.75) is 39.1 Å². The minimum atomic E-state index is -0.169. The van der Waals surface area contributed by atoms with Crippen LogP contribution in [-0.4, -0.2) is 12.9 Å². The average molecular weight is 224 g/mol. The molecule has 1 unspecified atom stereocenters. The third-order valence-corrected chi connectivity index (χ3v) is 2.80. The van der Waals surface area contributed by atoms with E-state index in [9.17, 15) is 4.39 Å². The van der Waals surface area contributed by atoms with E-state index >= 15 is 0 Å². The Morgan fingerprint density at radius 3 is 3.00 bits per heavy atom. The molecule has 1 aromatic carbocycles. The molecule has 16 heavy (non-hydrogen) atoms. The fraction of sp³-hybridized carbons (Fsp3) is 0.538. The van der Waals surface area contributed by atoms with E-state index in [1.54, 1.807) is 13.0 Å². The molecule has 0 spiro atoms. The molecule has 2 rings (SSSR count). The third kappa shape index (κ3) is 3.03. The second-order valence-electron chi connectivity index (χ2n) is 4.19. The van der Waals surface area contributed by atoms with Gasteiger partial charge in [-0.25, -0.2) is 4.39 Å². The maximum absolute atomic E-state index is 13.0. The summed E-state index contributed by atoms with van der Waals surface area (Å²) < 4.78 is 24.1. The normalized spacial score (nSPS) is 21.0. The Kier molecular flexibility index (Phi) is 3.91. The minimum absolute atomic E-state index is 0.0842. The fourth-order valence-corrected chi connectivity index (χ4v) is 1.83.